The normalized spacial score (nSPS) is 14.0. The second kappa shape index (κ2) is 6.97. The van der Waals surface area contributed by atoms with Gasteiger partial charge in [-0.15, -0.1) is 0 Å². The van der Waals surface area contributed by atoms with E-state index in [-0.39, 0.29) is 17.7 Å². The van der Waals surface area contributed by atoms with Crippen LogP contribution in [0.5, 0.6) is 0 Å². The number of pyridine rings is 1. The van der Waals surface area contributed by atoms with Crippen molar-refractivity contribution in [2.24, 2.45) is 0 Å². The SMILES string of the molecule is Cc1[nH]c(=O)c(CNC(=O)c2cccc(C(F)(F)F)c2)c2c1CCCC2. The Kier molecular flexibility index (Phi) is 4.89. The van der Waals surface area contributed by atoms with Crippen molar-refractivity contribution in [3.8, 4) is 0 Å². The summed E-state index contributed by atoms with van der Waals surface area (Å²) in [6, 6.07) is 4.24. The number of aryl methyl sites for hydroxylation is 1. The Morgan fingerprint density at radius 3 is 2.58 bits per heavy atom. The second-order valence-corrected chi connectivity index (χ2v) is 6.48. The molecular formula is C19H19F3N2O2. The molecule has 7 heteroatoms. The maximum atomic E-state index is 12.8. The predicted molar refractivity (Wildman–Crippen MR) is 91.1 cm³/mol. The molecule has 0 radical (unpaired) electrons. The Labute approximate surface area is 148 Å². The molecule has 0 saturated carbocycles. The Bertz CT molecular complexity index is 901. The summed E-state index contributed by atoms with van der Waals surface area (Å²) in [4.78, 5) is 27.3. The van der Waals surface area contributed by atoms with E-state index in [1.54, 1.807) is 0 Å². The number of hydrogen-bond donors (Lipinski definition) is 2. The Hall–Kier alpha value is -2.57. The van der Waals surface area contributed by atoms with Crippen LogP contribution in [0.2, 0.25) is 0 Å². The van der Waals surface area contributed by atoms with Crippen molar-refractivity contribution in [1.82, 2.24) is 10.3 Å². The van der Waals surface area contributed by atoms with Crippen molar-refractivity contribution in [3.63, 3.8) is 0 Å². The number of hydrogen-bond acceptors (Lipinski definition) is 2. The number of nitrogens with one attached hydrogen (secondary N) is 2. The quantitative estimate of drug-likeness (QED) is 0.876. The van der Waals surface area contributed by atoms with Gasteiger partial charge in [-0.2, -0.15) is 13.2 Å². The van der Waals surface area contributed by atoms with Gasteiger partial charge in [-0.05, 0) is 61.9 Å². The van der Waals surface area contributed by atoms with Crippen LogP contribution in [0.25, 0.3) is 0 Å². The molecule has 1 aromatic heterocycles. The summed E-state index contributed by atoms with van der Waals surface area (Å²) in [5.41, 5.74) is 2.18. The fraction of sp³-hybridized carbons (Fsp3) is 0.368. The summed E-state index contributed by atoms with van der Waals surface area (Å²) in [7, 11) is 0. The van der Waals surface area contributed by atoms with E-state index < -0.39 is 17.6 Å². The zero-order valence-electron chi connectivity index (χ0n) is 14.3. The lowest BCUT2D eigenvalue weighted by atomic mass is 9.88. The van der Waals surface area contributed by atoms with E-state index in [0.717, 1.165) is 54.6 Å². The number of amides is 1. The van der Waals surface area contributed by atoms with E-state index in [9.17, 15) is 22.8 Å². The molecule has 0 unspecified atom stereocenters. The summed E-state index contributed by atoms with van der Waals surface area (Å²) < 4.78 is 38.4. The number of carbonyl (C=O) groups is 1. The lowest BCUT2D eigenvalue weighted by Gasteiger charge is -2.21. The number of carbonyl (C=O) groups excluding carboxylic acids is 1. The Balaban J connectivity index is 1.82. The van der Waals surface area contributed by atoms with Crippen LogP contribution in [-0.4, -0.2) is 10.9 Å². The first-order valence-corrected chi connectivity index (χ1v) is 8.46. The third-order valence-corrected chi connectivity index (χ3v) is 4.74. The van der Waals surface area contributed by atoms with E-state index in [1.165, 1.54) is 12.1 Å². The van der Waals surface area contributed by atoms with Gasteiger partial charge in [0, 0.05) is 23.4 Å². The molecule has 0 spiro atoms. The summed E-state index contributed by atoms with van der Waals surface area (Å²) >= 11 is 0. The maximum Gasteiger partial charge on any atom is 0.416 e. The zero-order valence-corrected chi connectivity index (χ0v) is 14.3. The van der Waals surface area contributed by atoms with Gasteiger partial charge in [0.2, 0.25) is 0 Å². The average Bonchev–Trinajstić information content (AvgIpc) is 2.60. The molecule has 1 aromatic carbocycles. The lowest BCUT2D eigenvalue weighted by Crippen LogP contribution is -2.30. The van der Waals surface area contributed by atoms with Gasteiger partial charge in [-0.25, -0.2) is 0 Å². The molecule has 1 aliphatic carbocycles. The molecule has 1 aliphatic rings. The highest BCUT2D eigenvalue weighted by atomic mass is 19.4. The molecule has 0 atom stereocenters. The highest BCUT2D eigenvalue weighted by Gasteiger charge is 2.31. The molecule has 1 amide bonds. The third kappa shape index (κ3) is 3.66. The zero-order chi connectivity index (χ0) is 18.9. The highest BCUT2D eigenvalue weighted by Crippen LogP contribution is 2.29. The fourth-order valence-electron chi connectivity index (χ4n) is 3.40. The van der Waals surface area contributed by atoms with E-state index in [1.807, 2.05) is 6.92 Å². The maximum absolute atomic E-state index is 12.8. The molecule has 2 N–H and O–H groups in total. The monoisotopic (exact) mass is 364 g/mol. The van der Waals surface area contributed by atoms with Crippen molar-refractivity contribution in [2.75, 3.05) is 0 Å². The minimum atomic E-state index is -4.51. The fourth-order valence-corrected chi connectivity index (χ4v) is 3.40. The van der Waals surface area contributed by atoms with Crippen LogP contribution in [-0.2, 0) is 25.6 Å². The molecule has 0 aliphatic heterocycles. The van der Waals surface area contributed by atoms with E-state index in [4.69, 9.17) is 0 Å². The average molecular weight is 364 g/mol. The van der Waals surface area contributed by atoms with Crippen molar-refractivity contribution in [2.45, 2.75) is 45.3 Å². The van der Waals surface area contributed by atoms with Gasteiger partial charge in [0.1, 0.15) is 0 Å². The van der Waals surface area contributed by atoms with Gasteiger partial charge in [0.15, 0.2) is 0 Å². The van der Waals surface area contributed by atoms with Gasteiger partial charge in [-0.3, -0.25) is 9.59 Å². The van der Waals surface area contributed by atoms with Gasteiger partial charge in [0.25, 0.3) is 11.5 Å². The van der Waals surface area contributed by atoms with Crippen LogP contribution in [0.4, 0.5) is 13.2 Å². The first kappa shape index (κ1) is 18.2. The number of halogens is 3. The molecule has 4 nitrogen and oxygen atoms in total. The second-order valence-electron chi connectivity index (χ2n) is 6.48. The predicted octanol–water partition coefficient (Wildman–Crippen LogP) is 3.51. The van der Waals surface area contributed by atoms with Crippen molar-refractivity contribution < 1.29 is 18.0 Å². The van der Waals surface area contributed by atoms with Crippen LogP contribution in [0.15, 0.2) is 29.1 Å². The number of benzene rings is 1. The summed E-state index contributed by atoms with van der Waals surface area (Å²) in [6.45, 7) is 1.85. The number of rotatable bonds is 3. The first-order chi connectivity index (χ1) is 12.3. The standard InChI is InChI=1S/C19H19F3N2O2/c1-11-14-7-2-3-8-15(14)16(18(26)24-11)10-23-17(25)12-5-4-6-13(9-12)19(20,21)22/h4-6,9H,2-3,7-8,10H2,1H3,(H,23,25)(H,24,26). The van der Waals surface area contributed by atoms with Crippen LogP contribution in [0.1, 0.15) is 51.1 Å². The van der Waals surface area contributed by atoms with Crippen LogP contribution >= 0.6 is 0 Å². The number of H-pyrrole nitrogens is 1. The summed E-state index contributed by atoms with van der Waals surface area (Å²) in [5.74, 6) is -0.638. The minimum absolute atomic E-state index is 0.00692. The Morgan fingerprint density at radius 1 is 1.19 bits per heavy atom. The number of aromatic nitrogens is 1. The molecule has 138 valence electrons. The number of fused-ring (bicyclic) bond motifs is 1. The number of aromatic amines is 1. The summed E-state index contributed by atoms with van der Waals surface area (Å²) in [5, 5.41) is 2.58. The molecule has 2 aromatic rings. The molecule has 0 bridgehead atoms. The third-order valence-electron chi connectivity index (χ3n) is 4.74. The van der Waals surface area contributed by atoms with Gasteiger partial charge in [0.05, 0.1) is 5.56 Å². The molecule has 3 rings (SSSR count). The molecule has 1 heterocycles. The Morgan fingerprint density at radius 2 is 1.88 bits per heavy atom. The van der Waals surface area contributed by atoms with E-state index in [2.05, 4.69) is 10.3 Å². The van der Waals surface area contributed by atoms with Gasteiger partial charge < -0.3 is 10.3 Å². The smallest absolute Gasteiger partial charge is 0.348 e. The number of alkyl halides is 3. The lowest BCUT2D eigenvalue weighted by molar-refractivity contribution is -0.137. The van der Waals surface area contributed by atoms with Crippen LogP contribution < -0.4 is 10.9 Å². The largest absolute Gasteiger partial charge is 0.416 e. The topological polar surface area (TPSA) is 62.0 Å². The van der Waals surface area contributed by atoms with Crippen LogP contribution in [0, 0.1) is 6.92 Å². The van der Waals surface area contributed by atoms with Gasteiger partial charge in [-0.1, -0.05) is 6.07 Å². The molecule has 0 fully saturated rings. The minimum Gasteiger partial charge on any atom is -0.348 e. The van der Waals surface area contributed by atoms with E-state index >= 15 is 0 Å². The van der Waals surface area contributed by atoms with Crippen molar-refractivity contribution >= 4 is 5.91 Å². The molecule has 26 heavy (non-hydrogen) atoms. The van der Waals surface area contributed by atoms with Gasteiger partial charge >= 0.3 is 6.18 Å². The summed E-state index contributed by atoms with van der Waals surface area (Å²) in [6.07, 6.45) is -0.828. The van der Waals surface area contributed by atoms with Crippen molar-refractivity contribution in [1.29, 1.82) is 0 Å². The highest BCUT2D eigenvalue weighted by molar-refractivity contribution is 5.94. The van der Waals surface area contributed by atoms with Crippen molar-refractivity contribution in [3.05, 3.63) is 68.1 Å². The van der Waals surface area contributed by atoms with Crippen LogP contribution in [0.3, 0.4) is 0 Å². The molecular weight excluding hydrogens is 345 g/mol. The van der Waals surface area contributed by atoms with E-state index in [0.29, 0.717) is 5.56 Å². The first-order valence-electron chi connectivity index (χ1n) is 8.46. The molecule has 0 saturated heterocycles.